The van der Waals surface area contributed by atoms with E-state index in [4.69, 9.17) is 12.2 Å². The number of nitrogens with one attached hydrogen (secondary N) is 3. The number of nitrogens with zero attached hydrogens (tertiary/aromatic N) is 1. The van der Waals surface area contributed by atoms with E-state index in [1.807, 2.05) is 25.3 Å². The molecule has 1 aromatic carbocycles. The van der Waals surface area contributed by atoms with Crippen LogP contribution < -0.4 is 16.2 Å². The molecule has 23 heavy (non-hydrogen) atoms. The molecular formula is C17H24N4OS. The highest BCUT2D eigenvalue weighted by atomic mass is 32.1. The fourth-order valence-corrected chi connectivity index (χ4v) is 2.53. The highest BCUT2D eigenvalue weighted by molar-refractivity contribution is 7.80. The van der Waals surface area contributed by atoms with Crippen LogP contribution >= 0.6 is 12.2 Å². The summed E-state index contributed by atoms with van der Waals surface area (Å²) in [6.45, 7) is 5.95. The van der Waals surface area contributed by atoms with Crippen LogP contribution in [0.4, 0.5) is 5.69 Å². The lowest BCUT2D eigenvalue weighted by molar-refractivity contribution is -0.118. The van der Waals surface area contributed by atoms with Crippen molar-refractivity contribution in [3.8, 4) is 0 Å². The summed E-state index contributed by atoms with van der Waals surface area (Å²) in [6.07, 6.45) is 2.86. The summed E-state index contributed by atoms with van der Waals surface area (Å²) < 4.78 is 0. The molecule has 0 spiro atoms. The van der Waals surface area contributed by atoms with Crippen LogP contribution in [0.1, 0.15) is 31.7 Å². The third-order valence-corrected chi connectivity index (χ3v) is 3.96. The van der Waals surface area contributed by atoms with Gasteiger partial charge in [0, 0.05) is 24.4 Å². The van der Waals surface area contributed by atoms with Gasteiger partial charge in [-0.25, -0.2) is 0 Å². The van der Waals surface area contributed by atoms with Gasteiger partial charge in [0.1, 0.15) is 0 Å². The van der Waals surface area contributed by atoms with Crippen molar-refractivity contribution in [2.45, 2.75) is 26.2 Å². The molecule has 0 bridgehead atoms. The van der Waals surface area contributed by atoms with Gasteiger partial charge in [-0.3, -0.25) is 15.6 Å². The fraction of sp³-hybridized carbons (Fsp3) is 0.412. The van der Waals surface area contributed by atoms with Crippen molar-refractivity contribution < 1.29 is 4.79 Å². The first-order chi connectivity index (χ1) is 11.0. The maximum Gasteiger partial charge on any atom is 0.266 e. The highest BCUT2D eigenvalue weighted by Crippen LogP contribution is 2.16. The molecular weight excluding hydrogens is 308 g/mol. The van der Waals surface area contributed by atoms with E-state index in [9.17, 15) is 4.79 Å². The quantitative estimate of drug-likeness (QED) is 0.586. The lowest BCUT2D eigenvalue weighted by Crippen LogP contribution is -2.46. The number of carbonyl (C=O) groups is 1. The van der Waals surface area contributed by atoms with E-state index in [0.29, 0.717) is 17.6 Å². The van der Waals surface area contributed by atoms with Gasteiger partial charge in [-0.2, -0.15) is 0 Å². The predicted molar refractivity (Wildman–Crippen MR) is 98.2 cm³/mol. The molecule has 1 aliphatic heterocycles. The Morgan fingerprint density at radius 3 is 2.52 bits per heavy atom. The number of thiocarbonyl (C=S) groups is 1. The topological polar surface area (TPSA) is 56.4 Å². The van der Waals surface area contributed by atoms with Crippen LogP contribution in [0.25, 0.3) is 0 Å². The van der Waals surface area contributed by atoms with Crippen LogP contribution in [0.5, 0.6) is 0 Å². The first-order valence-corrected chi connectivity index (χ1v) is 8.21. The zero-order valence-electron chi connectivity index (χ0n) is 13.8. The normalized spacial score (nSPS) is 15.0. The van der Waals surface area contributed by atoms with E-state index in [-0.39, 0.29) is 5.91 Å². The SMILES string of the molecule is CC(C)c1ccc(NC(=S)NNC(=O)C2=CCCN(C)C2)cc1. The van der Waals surface area contributed by atoms with E-state index in [2.05, 4.69) is 47.0 Å². The highest BCUT2D eigenvalue weighted by Gasteiger charge is 2.15. The summed E-state index contributed by atoms with van der Waals surface area (Å²) in [5.41, 5.74) is 8.30. The van der Waals surface area contributed by atoms with Gasteiger partial charge >= 0.3 is 0 Å². The molecule has 2 rings (SSSR count). The summed E-state index contributed by atoms with van der Waals surface area (Å²) in [5, 5.41) is 3.41. The number of hydrogen-bond donors (Lipinski definition) is 3. The maximum atomic E-state index is 12.1. The molecule has 0 aromatic heterocycles. The van der Waals surface area contributed by atoms with Crippen molar-refractivity contribution in [1.82, 2.24) is 15.8 Å². The lowest BCUT2D eigenvalue weighted by Gasteiger charge is -2.22. The predicted octanol–water partition coefficient (Wildman–Crippen LogP) is 2.39. The Labute approximate surface area is 143 Å². The molecule has 1 aromatic rings. The van der Waals surface area contributed by atoms with Crippen molar-refractivity contribution in [1.29, 1.82) is 0 Å². The Hall–Kier alpha value is -1.92. The zero-order chi connectivity index (χ0) is 16.8. The van der Waals surface area contributed by atoms with E-state index in [1.54, 1.807) is 0 Å². The van der Waals surface area contributed by atoms with E-state index in [0.717, 1.165) is 24.2 Å². The summed E-state index contributed by atoms with van der Waals surface area (Å²) >= 11 is 5.20. The van der Waals surface area contributed by atoms with Crippen LogP contribution in [-0.4, -0.2) is 36.1 Å². The number of hydrazine groups is 1. The second kappa shape index (κ2) is 8.08. The Morgan fingerprint density at radius 1 is 1.22 bits per heavy atom. The number of hydrogen-bond acceptors (Lipinski definition) is 3. The minimum Gasteiger partial charge on any atom is -0.331 e. The van der Waals surface area contributed by atoms with Gasteiger partial charge in [0.25, 0.3) is 5.91 Å². The average Bonchev–Trinajstić information content (AvgIpc) is 2.53. The summed E-state index contributed by atoms with van der Waals surface area (Å²) in [5.74, 6) is 0.353. The molecule has 1 amide bonds. The molecule has 0 saturated heterocycles. The van der Waals surface area contributed by atoms with Crippen molar-refractivity contribution >= 4 is 28.9 Å². The lowest BCUT2D eigenvalue weighted by atomic mass is 10.0. The molecule has 3 N–H and O–H groups in total. The average molecular weight is 332 g/mol. The zero-order valence-corrected chi connectivity index (χ0v) is 14.7. The van der Waals surface area contributed by atoms with Crippen molar-refractivity contribution in [3.05, 3.63) is 41.5 Å². The van der Waals surface area contributed by atoms with Gasteiger partial charge in [-0.05, 0) is 49.3 Å². The summed E-state index contributed by atoms with van der Waals surface area (Å²) in [7, 11) is 2.00. The molecule has 1 aliphatic rings. The van der Waals surface area contributed by atoms with Crippen molar-refractivity contribution in [2.24, 2.45) is 0 Å². The standard InChI is InChI=1S/C17H24N4OS/c1-12(2)13-6-8-15(9-7-13)18-17(23)20-19-16(22)14-5-4-10-21(3)11-14/h5-9,12H,4,10-11H2,1-3H3,(H,19,22)(H2,18,20,23). The third kappa shape index (κ3) is 5.33. The van der Waals surface area contributed by atoms with Gasteiger partial charge in [0.05, 0.1) is 0 Å². The fourth-order valence-electron chi connectivity index (χ4n) is 2.37. The van der Waals surface area contributed by atoms with Gasteiger partial charge in [0.15, 0.2) is 5.11 Å². The molecule has 1 heterocycles. The first-order valence-electron chi connectivity index (χ1n) is 7.80. The Morgan fingerprint density at radius 2 is 1.91 bits per heavy atom. The monoisotopic (exact) mass is 332 g/mol. The van der Waals surface area contributed by atoms with Crippen LogP contribution in [0.2, 0.25) is 0 Å². The molecule has 0 aliphatic carbocycles. The molecule has 5 nitrogen and oxygen atoms in total. The minimum atomic E-state index is -0.143. The number of anilines is 1. The Balaban J connectivity index is 1.80. The second-order valence-corrected chi connectivity index (χ2v) is 6.47. The van der Waals surface area contributed by atoms with E-state index < -0.39 is 0 Å². The Bertz CT molecular complexity index is 595. The Kier molecular flexibility index (Phi) is 6.12. The molecule has 0 atom stereocenters. The maximum absolute atomic E-state index is 12.1. The molecule has 6 heteroatoms. The number of rotatable bonds is 3. The number of likely N-dealkylation sites (N-methyl/N-ethyl adjacent to an activating group) is 1. The van der Waals surface area contributed by atoms with Crippen LogP contribution in [-0.2, 0) is 4.79 Å². The van der Waals surface area contributed by atoms with Gasteiger partial charge in [-0.1, -0.05) is 32.1 Å². The van der Waals surface area contributed by atoms with Crippen molar-refractivity contribution in [3.63, 3.8) is 0 Å². The largest absolute Gasteiger partial charge is 0.331 e. The van der Waals surface area contributed by atoms with Gasteiger partial charge in [-0.15, -0.1) is 0 Å². The third-order valence-electron chi connectivity index (χ3n) is 3.76. The molecule has 124 valence electrons. The van der Waals surface area contributed by atoms with Gasteiger partial charge in [0.2, 0.25) is 0 Å². The first kappa shape index (κ1) is 17.4. The molecule has 0 unspecified atom stereocenters. The van der Waals surface area contributed by atoms with Crippen LogP contribution in [0, 0.1) is 0 Å². The molecule has 0 radical (unpaired) electrons. The van der Waals surface area contributed by atoms with E-state index >= 15 is 0 Å². The summed E-state index contributed by atoms with van der Waals surface area (Å²) in [6, 6.07) is 8.08. The molecule has 0 fully saturated rings. The van der Waals surface area contributed by atoms with Crippen LogP contribution in [0.15, 0.2) is 35.9 Å². The summed E-state index contributed by atoms with van der Waals surface area (Å²) in [4.78, 5) is 14.2. The van der Waals surface area contributed by atoms with Crippen LogP contribution in [0.3, 0.4) is 0 Å². The smallest absolute Gasteiger partial charge is 0.266 e. The number of benzene rings is 1. The minimum absolute atomic E-state index is 0.143. The second-order valence-electron chi connectivity index (χ2n) is 6.07. The van der Waals surface area contributed by atoms with E-state index in [1.165, 1.54) is 5.56 Å². The van der Waals surface area contributed by atoms with Gasteiger partial charge < -0.3 is 10.2 Å². The number of carbonyl (C=O) groups excluding carboxylic acids is 1. The molecule has 0 saturated carbocycles. The van der Waals surface area contributed by atoms with Crippen molar-refractivity contribution in [2.75, 3.05) is 25.5 Å². The number of amides is 1.